The zero-order valence-corrected chi connectivity index (χ0v) is 10.2. The van der Waals surface area contributed by atoms with Gasteiger partial charge in [-0.3, -0.25) is 0 Å². The van der Waals surface area contributed by atoms with E-state index in [0.717, 1.165) is 0 Å². The lowest BCUT2D eigenvalue weighted by Gasteiger charge is -2.29. The number of nitrogen functional groups attached to an aromatic ring is 1. The van der Waals surface area contributed by atoms with Crippen LogP contribution in [0.1, 0.15) is 37.0 Å². The fraction of sp³-hybridized carbons (Fsp3) is 0.462. The summed E-state index contributed by atoms with van der Waals surface area (Å²) in [4.78, 5) is 11.1. The first-order chi connectivity index (χ1) is 7.92. The SMILES string of the molecule is CC(C)(Nc1c(N)cccc1C(=O)O)C1CC1. The van der Waals surface area contributed by atoms with Crippen molar-refractivity contribution in [2.24, 2.45) is 5.92 Å². The van der Waals surface area contributed by atoms with Gasteiger partial charge < -0.3 is 16.2 Å². The minimum atomic E-state index is -0.952. The predicted octanol–water partition coefficient (Wildman–Crippen LogP) is 2.57. The average molecular weight is 234 g/mol. The molecule has 4 heteroatoms. The second-order valence-electron chi connectivity index (χ2n) is 5.20. The van der Waals surface area contributed by atoms with Gasteiger partial charge in [-0.05, 0) is 44.7 Å². The Kier molecular flexibility index (Phi) is 2.73. The molecule has 92 valence electrons. The maximum atomic E-state index is 11.1. The topological polar surface area (TPSA) is 75.3 Å². The number of nitrogens with one attached hydrogen (secondary N) is 1. The quantitative estimate of drug-likeness (QED) is 0.700. The highest BCUT2D eigenvalue weighted by Gasteiger charge is 2.38. The molecule has 0 unspecified atom stereocenters. The maximum Gasteiger partial charge on any atom is 0.337 e. The second kappa shape index (κ2) is 3.95. The summed E-state index contributed by atoms with van der Waals surface area (Å²) in [6.45, 7) is 4.17. The van der Waals surface area contributed by atoms with E-state index in [1.165, 1.54) is 12.8 Å². The van der Waals surface area contributed by atoms with E-state index in [0.29, 0.717) is 17.3 Å². The molecule has 1 aliphatic carbocycles. The van der Waals surface area contributed by atoms with Crippen LogP contribution in [0.15, 0.2) is 18.2 Å². The van der Waals surface area contributed by atoms with Crippen molar-refractivity contribution in [3.63, 3.8) is 0 Å². The van der Waals surface area contributed by atoms with Gasteiger partial charge in [0.1, 0.15) is 0 Å². The van der Waals surface area contributed by atoms with E-state index in [4.69, 9.17) is 10.8 Å². The van der Waals surface area contributed by atoms with Crippen molar-refractivity contribution in [2.75, 3.05) is 11.1 Å². The van der Waals surface area contributed by atoms with E-state index in [2.05, 4.69) is 19.2 Å². The third-order valence-electron chi connectivity index (χ3n) is 3.37. The van der Waals surface area contributed by atoms with Crippen molar-refractivity contribution in [2.45, 2.75) is 32.2 Å². The first kappa shape index (κ1) is 11.8. The van der Waals surface area contributed by atoms with Gasteiger partial charge in [0.05, 0.1) is 16.9 Å². The minimum Gasteiger partial charge on any atom is -0.478 e. The number of para-hydroxylation sites is 1. The molecule has 1 aliphatic rings. The Morgan fingerprint density at radius 2 is 2.12 bits per heavy atom. The highest BCUT2D eigenvalue weighted by atomic mass is 16.4. The van der Waals surface area contributed by atoms with Crippen molar-refractivity contribution in [3.05, 3.63) is 23.8 Å². The molecule has 0 heterocycles. The number of nitrogens with two attached hydrogens (primary N) is 1. The van der Waals surface area contributed by atoms with E-state index in [-0.39, 0.29) is 11.1 Å². The maximum absolute atomic E-state index is 11.1. The van der Waals surface area contributed by atoms with Crippen molar-refractivity contribution in [3.8, 4) is 0 Å². The zero-order chi connectivity index (χ0) is 12.6. The van der Waals surface area contributed by atoms with E-state index in [1.807, 2.05) is 0 Å². The number of hydrogen-bond acceptors (Lipinski definition) is 3. The highest BCUT2D eigenvalue weighted by molar-refractivity contribution is 5.97. The summed E-state index contributed by atoms with van der Waals surface area (Å²) in [7, 11) is 0. The molecule has 0 bridgehead atoms. The molecule has 0 aromatic heterocycles. The summed E-state index contributed by atoms with van der Waals surface area (Å²) in [5, 5.41) is 12.4. The molecule has 1 saturated carbocycles. The summed E-state index contributed by atoms with van der Waals surface area (Å²) < 4.78 is 0. The van der Waals surface area contributed by atoms with Gasteiger partial charge in [0.15, 0.2) is 0 Å². The molecular weight excluding hydrogens is 216 g/mol. The van der Waals surface area contributed by atoms with Gasteiger partial charge >= 0.3 is 5.97 Å². The van der Waals surface area contributed by atoms with Gasteiger partial charge in [-0.25, -0.2) is 4.79 Å². The first-order valence-electron chi connectivity index (χ1n) is 5.82. The summed E-state index contributed by atoms with van der Waals surface area (Å²) in [6, 6.07) is 4.95. The normalized spacial score (nSPS) is 15.6. The van der Waals surface area contributed by atoms with Gasteiger partial charge in [-0.2, -0.15) is 0 Å². The van der Waals surface area contributed by atoms with Crippen LogP contribution in [0.2, 0.25) is 0 Å². The highest BCUT2D eigenvalue weighted by Crippen LogP contribution is 2.42. The van der Waals surface area contributed by atoms with Crippen LogP contribution in [0.25, 0.3) is 0 Å². The molecule has 0 spiro atoms. The number of rotatable bonds is 4. The van der Waals surface area contributed by atoms with E-state index < -0.39 is 5.97 Å². The van der Waals surface area contributed by atoms with E-state index in [9.17, 15) is 4.79 Å². The molecule has 0 amide bonds. The van der Waals surface area contributed by atoms with Crippen LogP contribution >= 0.6 is 0 Å². The molecular formula is C13H18N2O2. The summed E-state index contributed by atoms with van der Waals surface area (Å²) >= 11 is 0. The molecule has 4 nitrogen and oxygen atoms in total. The van der Waals surface area contributed by atoms with Gasteiger partial charge in [0.2, 0.25) is 0 Å². The van der Waals surface area contributed by atoms with Crippen molar-refractivity contribution >= 4 is 17.3 Å². The predicted molar refractivity (Wildman–Crippen MR) is 68.2 cm³/mol. The number of anilines is 2. The smallest absolute Gasteiger partial charge is 0.337 e. The van der Waals surface area contributed by atoms with E-state index >= 15 is 0 Å². The number of carbonyl (C=O) groups is 1. The third kappa shape index (κ3) is 2.35. The fourth-order valence-corrected chi connectivity index (χ4v) is 2.12. The number of benzene rings is 1. The number of carboxylic acid groups (broad SMARTS) is 1. The summed E-state index contributed by atoms with van der Waals surface area (Å²) in [5.41, 5.74) is 7.01. The zero-order valence-electron chi connectivity index (χ0n) is 10.2. The van der Waals surface area contributed by atoms with Crippen LogP contribution in [0, 0.1) is 5.92 Å². The van der Waals surface area contributed by atoms with Crippen molar-refractivity contribution in [1.82, 2.24) is 0 Å². The van der Waals surface area contributed by atoms with Crippen LogP contribution in [-0.4, -0.2) is 16.6 Å². The Hall–Kier alpha value is -1.71. The molecule has 0 radical (unpaired) electrons. The molecule has 17 heavy (non-hydrogen) atoms. The Bertz CT molecular complexity index is 451. The van der Waals surface area contributed by atoms with Gasteiger partial charge in [0.25, 0.3) is 0 Å². The first-order valence-corrected chi connectivity index (χ1v) is 5.82. The Morgan fingerprint density at radius 3 is 2.65 bits per heavy atom. The van der Waals surface area contributed by atoms with Gasteiger partial charge in [-0.1, -0.05) is 6.07 Å². The van der Waals surface area contributed by atoms with E-state index in [1.54, 1.807) is 18.2 Å². The Balaban J connectivity index is 2.33. The third-order valence-corrected chi connectivity index (χ3v) is 3.37. The van der Waals surface area contributed by atoms with Gasteiger partial charge in [0, 0.05) is 5.54 Å². The molecule has 4 N–H and O–H groups in total. The largest absolute Gasteiger partial charge is 0.478 e. The summed E-state index contributed by atoms with van der Waals surface area (Å²) in [6.07, 6.45) is 2.38. The molecule has 1 fully saturated rings. The minimum absolute atomic E-state index is 0.111. The fourth-order valence-electron chi connectivity index (χ4n) is 2.12. The molecule has 1 aromatic rings. The van der Waals surface area contributed by atoms with Crippen molar-refractivity contribution < 1.29 is 9.90 Å². The van der Waals surface area contributed by atoms with Crippen LogP contribution in [0.4, 0.5) is 11.4 Å². The number of hydrogen-bond donors (Lipinski definition) is 3. The van der Waals surface area contributed by atoms with Crippen LogP contribution in [0.3, 0.4) is 0 Å². The van der Waals surface area contributed by atoms with Crippen LogP contribution < -0.4 is 11.1 Å². The lowest BCUT2D eigenvalue weighted by atomic mass is 9.97. The Morgan fingerprint density at radius 1 is 1.47 bits per heavy atom. The van der Waals surface area contributed by atoms with Crippen LogP contribution in [-0.2, 0) is 0 Å². The lowest BCUT2D eigenvalue weighted by Crippen LogP contribution is -2.34. The number of carboxylic acids is 1. The summed E-state index contributed by atoms with van der Waals surface area (Å²) in [5.74, 6) is -0.352. The second-order valence-corrected chi connectivity index (χ2v) is 5.20. The lowest BCUT2D eigenvalue weighted by molar-refractivity contribution is 0.0698. The number of aromatic carboxylic acids is 1. The van der Waals surface area contributed by atoms with Gasteiger partial charge in [-0.15, -0.1) is 0 Å². The molecule has 0 atom stereocenters. The molecule has 0 saturated heterocycles. The monoisotopic (exact) mass is 234 g/mol. The Labute approximate surface area is 101 Å². The molecule has 1 aromatic carbocycles. The van der Waals surface area contributed by atoms with Crippen LogP contribution in [0.5, 0.6) is 0 Å². The molecule has 2 rings (SSSR count). The molecule has 0 aliphatic heterocycles. The van der Waals surface area contributed by atoms with Crippen molar-refractivity contribution in [1.29, 1.82) is 0 Å². The average Bonchev–Trinajstić information content (AvgIpc) is 3.03. The standard InChI is InChI=1S/C13H18N2O2/c1-13(2,8-6-7-8)15-11-9(12(16)17)4-3-5-10(11)14/h3-5,8,15H,6-7,14H2,1-2H3,(H,16,17).